The highest BCUT2D eigenvalue weighted by Gasteiger charge is 2.35. The standard InChI is InChI=1S/C19H15ClN2O4S/c1-25-15-8-7-11(10-16(15)26-2)9-12-17(23)21-19(27)22(18(12)24)14-6-4-3-5-13(14)20/h3-10H,1-2H3,(H,21,23,27)/b12-9+. The summed E-state index contributed by atoms with van der Waals surface area (Å²) in [6.45, 7) is 0. The Kier molecular flexibility index (Phi) is 5.43. The molecule has 2 aromatic rings. The van der Waals surface area contributed by atoms with E-state index >= 15 is 0 Å². The Morgan fingerprint density at radius 3 is 2.44 bits per heavy atom. The summed E-state index contributed by atoms with van der Waals surface area (Å²) >= 11 is 11.4. The minimum atomic E-state index is -0.580. The number of thiocarbonyl (C=S) groups is 1. The highest BCUT2D eigenvalue weighted by Crippen LogP contribution is 2.31. The third-order valence-corrected chi connectivity index (χ3v) is 4.52. The van der Waals surface area contributed by atoms with Gasteiger partial charge in [-0.15, -0.1) is 0 Å². The maximum atomic E-state index is 13.0. The molecule has 0 saturated carbocycles. The molecule has 1 fully saturated rings. The van der Waals surface area contributed by atoms with E-state index in [1.807, 2.05) is 0 Å². The van der Waals surface area contributed by atoms with Gasteiger partial charge in [-0.05, 0) is 48.1 Å². The van der Waals surface area contributed by atoms with Gasteiger partial charge in [0.2, 0.25) is 0 Å². The van der Waals surface area contributed by atoms with Gasteiger partial charge in [0.1, 0.15) is 5.57 Å². The molecule has 0 spiro atoms. The number of carbonyl (C=O) groups excluding carboxylic acids is 2. The number of hydrogen-bond acceptors (Lipinski definition) is 5. The molecule has 3 rings (SSSR count). The number of para-hydroxylation sites is 1. The summed E-state index contributed by atoms with van der Waals surface area (Å²) in [5, 5.41) is 2.84. The molecular weight excluding hydrogens is 388 g/mol. The lowest BCUT2D eigenvalue weighted by Gasteiger charge is -2.29. The van der Waals surface area contributed by atoms with Crippen LogP contribution >= 0.6 is 23.8 Å². The largest absolute Gasteiger partial charge is 0.493 e. The van der Waals surface area contributed by atoms with Gasteiger partial charge in [-0.1, -0.05) is 29.8 Å². The molecule has 0 aromatic heterocycles. The van der Waals surface area contributed by atoms with E-state index in [1.165, 1.54) is 25.2 Å². The molecule has 1 N–H and O–H groups in total. The van der Waals surface area contributed by atoms with Gasteiger partial charge in [0.15, 0.2) is 16.6 Å². The van der Waals surface area contributed by atoms with Crippen LogP contribution < -0.4 is 19.7 Å². The molecule has 1 saturated heterocycles. The Balaban J connectivity index is 2.03. The van der Waals surface area contributed by atoms with Crippen molar-refractivity contribution in [2.45, 2.75) is 0 Å². The van der Waals surface area contributed by atoms with Crippen LogP contribution in [-0.4, -0.2) is 31.1 Å². The number of anilines is 1. The van der Waals surface area contributed by atoms with E-state index in [0.717, 1.165) is 0 Å². The zero-order valence-corrected chi connectivity index (χ0v) is 16.1. The number of ether oxygens (including phenoxy) is 2. The topological polar surface area (TPSA) is 67.9 Å². The average Bonchev–Trinajstić information content (AvgIpc) is 2.66. The Hall–Kier alpha value is -2.90. The molecule has 1 aliphatic rings. The molecule has 0 radical (unpaired) electrons. The number of carbonyl (C=O) groups is 2. The van der Waals surface area contributed by atoms with Crippen molar-refractivity contribution in [2.24, 2.45) is 0 Å². The molecule has 8 heteroatoms. The number of methoxy groups -OCH3 is 2. The first-order chi connectivity index (χ1) is 13.0. The van der Waals surface area contributed by atoms with Crippen molar-refractivity contribution >= 4 is 52.5 Å². The fourth-order valence-electron chi connectivity index (χ4n) is 2.62. The Morgan fingerprint density at radius 2 is 1.78 bits per heavy atom. The number of benzene rings is 2. The van der Waals surface area contributed by atoms with Gasteiger partial charge < -0.3 is 9.47 Å². The lowest BCUT2D eigenvalue weighted by molar-refractivity contribution is -0.122. The Labute approximate surface area is 166 Å². The van der Waals surface area contributed by atoms with Crippen molar-refractivity contribution in [3.05, 3.63) is 58.6 Å². The highest BCUT2D eigenvalue weighted by atomic mass is 35.5. The fraction of sp³-hybridized carbons (Fsp3) is 0.105. The number of nitrogens with zero attached hydrogens (tertiary/aromatic N) is 1. The minimum Gasteiger partial charge on any atom is -0.493 e. The molecule has 0 unspecified atom stereocenters. The number of halogens is 1. The van der Waals surface area contributed by atoms with E-state index in [1.54, 1.807) is 42.5 Å². The van der Waals surface area contributed by atoms with Crippen LogP contribution in [0.2, 0.25) is 5.02 Å². The normalized spacial score (nSPS) is 15.7. The van der Waals surface area contributed by atoms with E-state index in [4.69, 9.17) is 33.3 Å². The summed E-state index contributed by atoms with van der Waals surface area (Å²) in [5.41, 5.74) is 0.918. The number of nitrogens with one attached hydrogen (secondary N) is 1. The van der Waals surface area contributed by atoms with Crippen LogP contribution in [0.15, 0.2) is 48.0 Å². The summed E-state index contributed by atoms with van der Waals surface area (Å²) in [5.74, 6) is -0.123. The van der Waals surface area contributed by atoms with E-state index in [0.29, 0.717) is 27.8 Å². The smallest absolute Gasteiger partial charge is 0.270 e. The van der Waals surface area contributed by atoms with Gasteiger partial charge in [0.25, 0.3) is 11.8 Å². The molecule has 27 heavy (non-hydrogen) atoms. The number of rotatable bonds is 4. The zero-order chi connectivity index (χ0) is 19.6. The van der Waals surface area contributed by atoms with Crippen LogP contribution in [0.3, 0.4) is 0 Å². The van der Waals surface area contributed by atoms with Gasteiger partial charge in [-0.2, -0.15) is 0 Å². The highest BCUT2D eigenvalue weighted by molar-refractivity contribution is 7.80. The molecule has 1 aliphatic heterocycles. The molecule has 0 atom stereocenters. The monoisotopic (exact) mass is 402 g/mol. The predicted molar refractivity (Wildman–Crippen MR) is 107 cm³/mol. The van der Waals surface area contributed by atoms with Crippen LogP contribution in [0.1, 0.15) is 5.56 Å². The second-order valence-corrected chi connectivity index (χ2v) is 6.32. The first-order valence-electron chi connectivity index (χ1n) is 7.84. The van der Waals surface area contributed by atoms with Crippen LogP contribution in [0.5, 0.6) is 11.5 Å². The molecule has 0 aliphatic carbocycles. The second kappa shape index (κ2) is 7.77. The fourth-order valence-corrected chi connectivity index (χ4v) is 3.11. The maximum Gasteiger partial charge on any atom is 0.270 e. The zero-order valence-electron chi connectivity index (χ0n) is 14.5. The van der Waals surface area contributed by atoms with Crippen molar-refractivity contribution < 1.29 is 19.1 Å². The number of amides is 2. The second-order valence-electron chi connectivity index (χ2n) is 5.52. The lowest BCUT2D eigenvalue weighted by Crippen LogP contribution is -2.54. The molecule has 0 bridgehead atoms. The van der Waals surface area contributed by atoms with Crippen LogP contribution in [0.4, 0.5) is 5.69 Å². The quantitative estimate of drug-likeness (QED) is 0.483. The van der Waals surface area contributed by atoms with Gasteiger partial charge >= 0.3 is 0 Å². The Morgan fingerprint density at radius 1 is 1.07 bits per heavy atom. The average molecular weight is 403 g/mol. The van der Waals surface area contributed by atoms with Gasteiger partial charge in [-0.3, -0.25) is 19.8 Å². The Bertz CT molecular complexity index is 974. The summed E-state index contributed by atoms with van der Waals surface area (Å²) in [6, 6.07) is 11.8. The van der Waals surface area contributed by atoms with Gasteiger partial charge in [0, 0.05) is 0 Å². The summed E-state index contributed by atoms with van der Waals surface area (Å²) in [6.07, 6.45) is 1.46. The molecule has 6 nitrogen and oxygen atoms in total. The van der Waals surface area contributed by atoms with Crippen molar-refractivity contribution in [3.63, 3.8) is 0 Å². The molecule has 1 heterocycles. The van der Waals surface area contributed by atoms with Crippen molar-refractivity contribution in [3.8, 4) is 11.5 Å². The van der Waals surface area contributed by atoms with Crippen molar-refractivity contribution in [1.29, 1.82) is 0 Å². The van der Waals surface area contributed by atoms with Crippen LogP contribution in [0, 0.1) is 0 Å². The van der Waals surface area contributed by atoms with Gasteiger partial charge in [0.05, 0.1) is 24.9 Å². The van der Waals surface area contributed by atoms with E-state index in [2.05, 4.69) is 5.32 Å². The molecule has 2 aromatic carbocycles. The number of hydrogen-bond donors (Lipinski definition) is 1. The summed E-state index contributed by atoms with van der Waals surface area (Å²) in [7, 11) is 3.03. The summed E-state index contributed by atoms with van der Waals surface area (Å²) in [4.78, 5) is 26.5. The predicted octanol–water partition coefficient (Wildman–Crippen LogP) is 3.19. The first-order valence-corrected chi connectivity index (χ1v) is 8.63. The van der Waals surface area contributed by atoms with Crippen molar-refractivity contribution in [2.75, 3.05) is 19.1 Å². The molecule has 138 valence electrons. The van der Waals surface area contributed by atoms with Crippen LogP contribution in [-0.2, 0) is 9.59 Å². The minimum absolute atomic E-state index is 0.0254. The van der Waals surface area contributed by atoms with Gasteiger partial charge in [-0.25, -0.2) is 0 Å². The van der Waals surface area contributed by atoms with E-state index < -0.39 is 11.8 Å². The molecule has 2 amide bonds. The van der Waals surface area contributed by atoms with Crippen molar-refractivity contribution in [1.82, 2.24) is 5.32 Å². The third kappa shape index (κ3) is 3.65. The maximum absolute atomic E-state index is 13.0. The molecular formula is C19H15ClN2O4S. The third-order valence-electron chi connectivity index (χ3n) is 3.91. The van der Waals surface area contributed by atoms with E-state index in [9.17, 15) is 9.59 Å². The lowest BCUT2D eigenvalue weighted by atomic mass is 10.1. The SMILES string of the molecule is COc1ccc(/C=C2\C(=O)NC(=S)N(c3ccccc3Cl)C2=O)cc1OC. The first kappa shape index (κ1) is 18.9. The van der Waals surface area contributed by atoms with E-state index in [-0.39, 0.29) is 10.7 Å². The van der Waals surface area contributed by atoms with Crippen LogP contribution in [0.25, 0.3) is 6.08 Å². The summed E-state index contributed by atoms with van der Waals surface area (Å²) < 4.78 is 10.4.